The van der Waals surface area contributed by atoms with Crippen LogP contribution < -0.4 is 5.56 Å². The maximum atomic E-state index is 13.3. The summed E-state index contributed by atoms with van der Waals surface area (Å²) in [5.74, 6) is -1.13. The van der Waals surface area contributed by atoms with Crippen LogP contribution >= 0.6 is 0 Å². The lowest BCUT2D eigenvalue weighted by atomic mass is 9.93. The third-order valence-corrected chi connectivity index (χ3v) is 6.46. The smallest absolute Gasteiger partial charge is 0.306 e. The molecule has 0 aliphatic heterocycles. The number of rotatable bonds is 8. The molecule has 1 heterocycles. The Kier molecular flexibility index (Phi) is 8.58. The lowest BCUT2D eigenvalue weighted by molar-refractivity contribution is -0.153. The van der Waals surface area contributed by atoms with E-state index >= 15 is 0 Å². The molecule has 1 N–H and O–H groups in total. The van der Waals surface area contributed by atoms with Gasteiger partial charge in [0.25, 0.3) is 11.5 Å². The Morgan fingerprint density at radius 1 is 1.18 bits per heavy atom. The highest BCUT2D eigenvalue weighted by molar-refractivity contribution is 5.81. The van der Waals surface area contributed by atoms with Crippen molar-refractivity contribution in [3.63, 3.8) is 0 Å². The Morgan fingerprint density at radius 3 is 2.50 bits per heavy atom. The highest BCUT2D eigenvalue weighted by atomic mass is 19.1. The molecule has 0 bridgehead atoms. The average molecular weight is 468 g/mol. The first-order chi connectivity index (χ1) is 16.3. The zero-order valence-electron chi connectivity index (χ0n) is 19.7. The molecule has 1 aromatic carbocycles. The zero-order valence-corrected chi connectivity index (χ0v) is 19.7. The first-order valence-electron chi connectivity index (χ1n) is 11.6. The normalized spacial score (nSPS) is 13.8. The number of carbonyl (C=O) groups excluding carboxylic acids is 2. The number of halogens is 1. The number of aryl methyl sites for hydroxylation is 1. The molecule has 34 heavy (non-hydrogen) atoms. The second kappa shape index (κ2) is 11.6. The standard InChI is InChI=1S/C26H30FN3O4/c1-17-22(18(2)29-26(33)23(17)14-28)12-13-25(32)34-16-24(31)30(21-6-4-3-5-7-21)15-19-8-10-20(27)11-9-19/h8-11,21H,3-7,12-13,15-16H2,1-2H3,(H,29,33). The van der Waals surface area contributed by atoms with E-state index in [1.165, 1.54) is 12.1 Å². The number of pyridine rings is 1. The van der Waals surface area contributed by atoms with Gasteiger partial charge < -0.3 is 14.6 Å². The van der Waals surface area contributed by atoms with Crippen LogP contribution in [0.2, 0.25) is 0 Å². The van der Waals surface area contributed by atoms with E-state index in [2.05, 4.69) is 4.98 Å². The fourth-order valence-corrected chi connectivity index (χ4v) is 4.54. The van der Waals surface area contributed by atoms with Crippen molar-refractivity contribution in [1.82, 2.24) is 9.88 Å². The van der Waals surface area contributed by atoms with Gasteiger partial charge in [0, 0.05) is 24.7 Å². The summed E-state index contributed by atoms with van der Waals surface area (Å²) in [7, 11) is 0. The van der Waals surface area contributed by atoms with Crippen LogP contribution in [-0.2, 0) is 27.3 Å². The first-order valence-corrected chi connectivity index (χ1v) is 11.6. The molecular weight excluding hydrogens is 437 g/mol. The fourth-order valence-electron chi connectivity index (χ4n) is 4.54. The number of carbonyl (C=O) groups is 2. The van der Waals surface area contributed by atoms with Crippen LogP contribution in [0.25, 0.3) is 0 Å². The Morgan fingerprint density at radius 2 is 1.85 bits per heavy atom. The summed E-state index contributed by atoms with van der Waals surface area (Å²) in [6, 6.07) is 8.03. The number of nitrogens with zero attached hydrogens (tertiary/aromatic N) is 2. The third-order valence-electron chi connectivity index (χ3n) is 6.46. The number of amides is 1. The first kappa shape index (κ1) is 25.2. The predicted octanol–water partition coefficient (Wildman–Crippen LogP) is 3.84. The summed E-state index contributed by atoms with van der Waals surface area (Å²) >= 11 is 0. The minimum Gasteiger partial charge on any atom is -0.456 e. The second-order valence-corrected chi connectivity index (χ2v) is 8.77. The van der Waals surface area contributed by atoms with Crippen molar-refractivity contribution in [2.24, 2.45) is 0 Å². The number of ether oxygens (including phenoxy) is 1. The average Bonchev–Trinajstić information content (AvgIpc) is 2.82. The number of hydrogen-bond acceptors (Lipinski definition) is 5. The van der Waals surface area contributed by atoms with E-state index in [1.54, 1.807) is 30.9 Å². The van der Waals surface area contributed by atoms with Gasteiger partial charge in [-0.3, -0.25) is 14.4 Å². The van der Waals surface area contributed by atoms with Crippen LogP contribution in [0.4, 0.5) is 4.39 Å². The van der Waals surface area contributed by atoms with Gasteiger partial charge >= 0.3 is 5.97 Å². The van der Waals surface area contributed by atoms with Gasteiger partial charge in [-0.1, -0.05) is 31.4 Å². The van der Waals surface area contributed by atoms with Gasteiger partial charge in [-0.25, -0.2) is 4.39 Å². The molecule has 0 spiro atoms. The molecule has 8 heteroatoms. The SMILES string of the molecule is Cc1[nH]c(=O)c(C#N)c(C)c1CCC(=O)OCC(=O)N(Cc1ccc(F)cc1)C1CCCCC1. The summed E-state index contributed by atoms with van der Waals surface area (Å²) in [4.78, 5) is 41.7. The van der Waals surface area contributed by atoms with E-state index in [-0.39, 0.29) is 42.8 Å². The predicted molar refractivity (Wildman–Crippen MR) is 124 cm³/mol. The highest BCUT2D eigenvalue weighted by Gasteiger charge is 2.26. The van der Waals surface area contributed by atoms with Crippen molar-refractivity contribution >= 4 is 11.9 Å². The van der Waals surface area contributed by atoms with E-state index in [9.17, 15) is 24.0 Å². The molecule has 1 saturated carbocycles. The number of H-pyrrole nitrogens is 1. The third kappa shape index (κ3) is 6.31. The van der Waals surface area contributed by atoms with E-state index in [1.807, 2.05) is 6.07 Å². The molecule has 0 radical (unpaired) electrons. The molecule has 0 saturated heterocycles. The number of nitriles is 1. The van der Waals surface area contributed by atoms with Gasteiger partial charge in [0.15, 0.2) is 6.61 Å². The number of hydrogen-bond donors (Lipinski definition) is 1. The zero-order chi connectivity index (χ0) is 24.7. The van der Waals surface area contributed by atoms with Crippen molar-refractivity contribution in [2.75, 3.05) is 6.61 Å². The van der Waals surface area contributed by atoms with Crippen molar-refractivity contribution in [1.29, 1.82) is 5.26 Å². The quantitative estimate of drug-likeness (QED) is 0.594. The molecular formula is C26H30FN3O4. The monoisotopic (exact) mass is 467 g/mol. The van der Waals surface area contributed by atoms with Gasteiger partial charge in [-0.2, -0.15) is 5.26 Å². The number of esters is 1. The summed E-state index contributed by atoms with van der Waals surface area (Å²) in [5, 5.41) is 9.19. The van der Waals surface area contributed by atoms with Crippen LogP contribution in [0.3, 0.4) is 0 Å². The molecule has 7 nitrogen and oxygen atoms in total. The van der Waals surface area contributed by atoms with Crippen LogP contribution in [0.15, 0.2) is 29.1 Å². The molecule has 1 aliphatic carbocycles. The molecule has 180 valence electrons. The largest absolute Gasteiger partial charge is 0.456 e. The minimum atomic E-state index is -0.526. The molecule has 1 aromatic heterocycles. The Balaban J connectivity index is 1.61. The van der Waals surface area contributed by atoms with Crippen LogP contribution in [0, 0.1) is 31.0 Å². The van der Waals surface area contributed by atoms with Gasteiger partial charge in [0.2, 0.25) is 0 Å². The fraction of sp³-hybridized carbons (Fsp3) is 0.462. The van der Waals surface area contributed by atoms with Gasteiger partial charge in [-0.05, 0) is 61.9 Å². The summed E-state index contributed by atoms with van der Waals surface area (Å²) in [6.07, 6.45) is 5.33. The maximum absolute atomic E-state index is 13.3. The van der Waals surface area contributed by atoms with Crippen molar-refractivity contribution in [3.05, 3.63) is 68.4 Å². The highest BCUT2D eigenvalue weighted by Crippen LogP contribution is 2.24. The maximum Gasteiger partial charge on any atom is 0.306 e. The summed E-state index contributed by atoms with van der Waals surface area (Å²) in [5.41, 5.74) is 2.29. The Bertz CT molecular complexity index is 1130. The minimum absolute atomic E-state index is 0.0211. The Hall–Kier alpha value is -3.47. The van der Waals surface area contributed by atoms with Crippen molar-refractivity contribution in [3.8, 4) is 6.07 Å². The van der Waals surface area contributed by atoms with Crippen molar-refractivity contribution < 1.29 is 18.7 Å². The van der Waals surface area contributed by atoms with Gasteiger partial charge in [0.1, 0.15) is 17.4 Å². The van der Waals surface area contributed by atoms with E-state index in [0.29, 0.717) is 17.8 Å². The molecule has 3 rings (SSSR count). The number of aromatic nitrogens is 1. The van der Waals surface area contributed by atoms with Crippen molar-refractivity contribution in [2.45, 2.75) is 71.4 Å². The molecule has 1 aliphatic rings. The second-order valence-electron chi connectivity index (χ2n) is 8.77. The lowest BCUT2D eigenvalue weighted by Gasteiger charge is -2.34. The Labute approximate surface area is 198 Å². The molecule has 0 atom stereocenters. The number of nitrogens with one attached hydrogen (secondary N) is 1. The topological polar surface area (TPSA) is 103 Å². The van der Waals surface area contributed by atoms with Crippen LogP contribution in [-0.4, -0.2) is 34.4 Å². The van der Waals surface area contributed by atoms with E-state index in [0.717, 1.165) is 43.2 Å². The molecule has 1 fully saturated rings. The van der Waals surface area contributed by atoms with Gasteiger partial charge in [-0.15, -0.1) is 0 Å². The van der Waals surface area contributed by atoms with E-state index < -0.39 is 11.5 Å². The molecule has 2 aromatic rings. The lowest BCUT2D eigenvalue weighted by Crippen LogP contribution is -2.43. The van der Waals surface area contributed by atoms with Crippen LogP contribution in [0.5, 0.6) is 0 Å². The summed E-state index contributed by atoms with van der Waals surface area (Å²) < 4.78 is 18.6. The van der Waals surface area contributed by atoms with Crippen LogP contribution in [0.1, 0.15) is 66.5 Å². The van der Waals surface area contributed by atoms with Gasteiger partial charge in [0.05, 0.1) is 0 Å². The number of benzene rings is 1. The molecule has 1 amide bonds. The summed E-state index contributed by atoms with van der Waals surface area (Å²) in [6.45, 7) is 3.39. The molecule has 0 unspecified atom stereocenters. The van der Waals surface area contributed by atoms with E-state index in [4.69, 9.17) is 4.74 Å². The number of aromatic amines is 1.